The Bertz CT molecular complexity index is 438. The molecule has 0 aliphatic carbocycles. The molecule has 1 aromatic rings. The van der Waals surface area contributed by atoms with Crippen LogP contribution in [0.15, 0.2) is 30.3 Å². The number of likely N-dealkylation sites (tertiary alicyclic amines) is 1. The molecule has 1 amide bonds. The maximum Gasteiger partial charge on any atom is 0.407 e. The highest BCUT2D eigenvalue weighted by atomic mass is 16.4. The molecule has 0 aromatic heterocycles. The molecule has 5 heteroatoms. The second-order valence-corrected chi connectivity index (χ2v) is 5.57. The van der Waals surface area contributed by atoms with E-state index in [2.05, 4.69) is 17.0 Å². The molecule has 1 saturated heterocycles. The van der Waals surface area contributed by atoms with Crippen LogP contribution in [0.5, 0.6) is 0 Å². The molecular weight excluding hydrogens is 254 g/mol. The Kier molecular flexibility index (Phi) is 4.98. The summed E-state index contributed by atoms with van der Waals surface area (Å²) in [4.78, 5) is 14.6. The summed E-state index contributed by atoms with van der Waals surface area (Å²) in [5.41, 5.74) is 7.14. The van der Waals surface area contributed by atoms with Crippen LogP contribution < -0.4 is 5.73 Å². The Morgan fingerprint density at radius 2 is 2.15 bits per heavy atom. The van der Waals surface area contributed by atoms with Gasteiger partial charge in [-0.25, -0.2) is 4.79 Å². The lowest BCUT2D eigenvalue weighted by molar-refractivity contribution is 0.148. The van der Waals surface area contributed by atoms with Crippen molar-refractivity contribution < 1.29 is 9.90 Å². The van der Waals surface area contributed by atoms with Gasteiger partial charge in [-0.2, -0.15) is 0 Å². The van der Waals surface area contributed by atoms with Crippen molar-refractivity contribution in [1.29, 1.82) is 0 Å². The Morgan fingerprint density at radius 1 is 1.45 bits per heavy atom. The van der Waals surface area contributed by atoms with Gasteiger partial charge in [0, 0.05) is 39.3 Å². The highest BCUT2D eigenvalue weighted by Crippen LogP contribution is 2.25. The number of benzene rings is 1. The number of carbonyl (C=O) groups is 1. The molecule has 0 spiro atoms. The van der Waals surface area contributed by atoms with Gasteiger partial charge >= 0.3 is 6.09 Å². The summed E-state index contributed by atoms with van der Waals surface area (Å²) in [7, 11) is 1.62. The normalized spacial score (nSPS) is 22.9. The zero-order valence-corrected chi connectivity index (χ0v) is 11.9. The SMILES string of the molecule is CN(C[C@H]1C[C@@H](CN)N(Cc2ccccc2)C1)C(=O)O. The highest BCUT2D eigenvalue weighted by molar-refractivity contribution is 5.64. The van der Waals surface area contributed by atoms with Crippen LogP contribution in [0.2, 0.25) is 0 Å². The van der Waals surface area contributed by atoms with Crippen LogP contribution in [0.4, 0.5) is 4.79 Å². The average Bonchev–Trinajstić information content (AvgIpc) is 2.81. The molecule has 1 aromatic carbocycles. The maximum absolute atomic E-state index is 10.9. The molecular formula is C15H23N3O2. The molecule has 0 unspecified atom stereocenters. The summed E-state index contributed by atoms with van der Waals surface area (Å²) in [6, 6.07) is 10.7. The van der Waals surface area contributed by atoms with Gasteiger partial charge in [0.1, 0.15) is 0 Å². The summed E-state index contributed by atoms with van der Waals surface area (Å²) in [5.74, 6) is 0.369. The van der Waals surface area contributed by atoms with Crippen molar-refractivity contribution in [2.45, 2.75) is 19.0 Å². The van der Waals surface area contributed by atoms with E-state index in [1.165, 1.54) is 10.5 Å². The summed E-state index contributed by atoms with van der Waals surface area (Å²) in [6.07, 6.45) is 0.108. The third-order valence-electron chi connectivity index (χ3n) is 3.97. The molecule has 5 nitrogen and oxygen atoms in total. The van der Waals surface area contributed by atoms with Gasteiger partial charge in [-0.15, -0.1) is 0 Å². The van der Waals surface area contributed by atoms with Gasteiger partial charge in [0.2, 0.25) is 0 Å². The monoisotopic (exact) mass is 277 g/mol. The van der Waals surface area contributed by atoms with Gasteiger partial charge in [0.25, 0.3) is 0 Å². The van der Waals surface area contributed by atoms with Gasteiger partial charge in [0.05, 0.1) is 0 Å². The lowest BCUT2D eigenvalue weighted by atomic mass is 10.1. The standard InChI is InChI=1S/C15H23N3O2/c1-17(15(19)20)9-13-7-14(8-16)18(11-13)10-12-5-3-2-4-6-12/h2-6,13-14H,7-11,16H2,1H3,(H,19,20)/t13-,14+/m1/s1. The zero-order valence-electron chi connectivity index (χ0n) is 11.9. The smallest absolute Gasteiger partial charge is 0.407 e. The number of nitrogens with two attached hydrogens (primary N) is 1. The minimum atomic E-state index is -0.865. The third kappa shape index (κ3) is 3.71. The van der Waals surface area contributed by atoms with E-state index in [1.807, 2.05) is 18.2 Å². The molecule has 2 rings (SSSR count). The van der Waals surface area contributed by atoms with E-state index in [1.54, 1.807) is 7.05 Å². The van der Waals surface area contributed by atoms with E-state index < -0.39 is 6.09 Å². The second-order valence-electron chi connectivity index (χ2n) is 5.57. The minimum Gasteiger partial charge on any atom is -0.465 e. The Morgan fingerprint density at radius 3 is 2.75 bits per heavy atom. The van der Waals surface area contributed by atoms with Gasteiger partial charge in [-0.3, -0.25) is 4.90 Å². The topological polar surface area (TPSA) is 69.8 Å². The number of carboxylic acid groups (broad SMARTS) is 1. The van der Waals surface area contributed by atoms with Crippen LogP contribution in [0, 0.1) is 5.92 Å². The predicted molar refractivity (Wildman–Crippen MR) is 78.5 cm³/mol. The first-order chi connectivity index (χ1) is 9.60. The molecule has 0 bridgehead atoms. The Labute approximate surface area is 120 Å². The fourth-order valence-corrected chi connectivity index (χ4v) is 2.94. The van der Waals surface area contributed by atoms with Crippen LogP contribution in [0.3, 0.4) is 0 Å². The van der Waals surface area contributed by atoms with Crippen LogP contribution in [-0.4, -0.2) is 53.7 Å². The van der Waals surface area contributed by atoms with Crippen LogP contribution in [0.25, 0.3) is 0 Å². The molecule has 1 fully saturated rings. The lowest BCUT2D eigenvalue weighted by Crippen LogP contribution is -2.35. The van der Waals surface area contributed by atoms with Crippen molar-refractivity contribution in [3.63, 3.8) is 0 Å². The number of nitrogens with zero attached hydrogens (tertiary/aromatic N) is 2. The first kappa shape index (κ1) is 14.8. The van der Waals surface area contributed by atoms with Crippen molar-refractivity contribution in [3.8, 4) is 0 Å². The molecule has 3 N–H and O–H groups in total. The fourth-order valence-electron chi connectivity index (χ4n) is 2.94. The largest absolute Gasteiger partial charge is 0.465 e. The van der Waals surface area contributed by atoms with Crippen molar-refractivity contribution in [2.75, 3.05) is 26.7 Å². The number of hydrogen-bond acceptors (Lipinski definition) is 3. The quantitative estimate of drug-likeness (QED) is 0.854. The average molecular weight is 277 g/mol. The first-order valence-electron chi connectivity index (χ1n) is 7.02. The number of amides is 1. The predicted octanol–water partition coefficient (Wildman–Crippen LogP) is 1.45. The number of hydrogen-bond donors (Lipinski definition) is 2. The summed E-state index contributed by atoms with van der Waals surface area (Å²) in [5, 5.41) is 8.95. The Hall–Kier alpha value is -1.59. The second kappa shape index (κ2) is 6.72. The van der Waals surface area contributed by atoms with E-state index in [4.69, 9.17) is 10.8 Å². The molecule has 110 valence electrons. The minimum absolute atomic E-state index is 0.349. The van der Waals surface area contributed by atoms with Crippen LogP contribution in [0.1, 0.15) is 12.0 Å². The van der Waals surface area contributed by atoms with Crippen molar-refractivity contribution in [1.82, 2.24) is 9.80 Å². The number of rotatable bonds is 5. The molecule has 1 aliphatic heterocycles. The van der Waals surface area contributed by atoms with E-state index in [0.717, 1.165) is 19.5 Å². The van der Waals surface area contributed by atoms with Crippen molar-refractivity contribution in [3.05, 3.63) is 35.9 Å². The fraction of sp³-hybridized carbons (Fsp3) is 0.533. The van der Waals surface area contributed by atoms with Gasteiger partial charge < -0.3 is 15.7 Å². The maximum atomic E-state index is 10.9. The van der Waals surface area contributed by atoms with Gasteiger partial charge in [-0.05, 0) is 17.9 Å². The lowest BCUT2D eigenvalue weighted by Gasteiger charge is -2.23. The van der Waals surface area contributed by atoms with E-state index in [-0.39, 0.29) is 0 Å². The molecule has 0 saturated carbocycles. The van der Waals surface area contributed by atoms with E-state index in [0.29, 0.717) is 25.0 Å². The molecule has 1 heterocycles. The first-order valence-corrected chi connectivity index (χ1v) is 7.02. The summed E-state index contributed by atoms with van der Waals surface area (Å²) in [6.45, 7) is 3.00. The third-order valence-corrected chi connectivity index (χ3v) is 3.97. The Balaban J connectivity index is 1.94. The van der Waals surface area contributed by atoms with Crippen molar-refractivity contribution in [2.24, 2.45) is 11.7 Å². The van der Waals surface area contributed by atoms with E-state index in [9.17, 15) is 4.79 Å². The van der Waals surface area contributed by atoms with Crippen LogP contribution >= 0.6 is 0 Å². The van der Waals surface area contributed by atoms with Gasteiger partial charge in [-0.1, -0.05) is 30.3 Å². The molecule has 0 radical (unpaired) electrons. The summed E-state index contributed by atoms with van der Waals surface area (Å²) < 4.78 is 0. The zero-order chi connectivity index (χ0) is 14.5. The highest BCUT2D eigenvalue weighted by Gasteiger charge is 2.32. The van der Waals surface area contributed by atoms with E-state index >= 15 is 0 Å². The molecule has 2 atom stereocenters. The molecule has 1 aliphatic rings. The van der Waals surface area contributed by atoms with Crippen molar-refractivity contribution >= 4 is 6.09 Å². The molecule has 20 heavy (non-hydrogen) atoms. The summed E-state index contributed by atoms with van der Waals surface area (Å²) >= 11 is 0. The van der Waals surface area contributed by atoms with Crippen LogP contribution in [-0.2, 0) is 6.54 Å². The van der Waals surface area contributed by atoms with Gasteiger partial charge in [0.15, 0.2) is 0 Å².